The summed E-state index contributed by atoms with van der Waals surface area (Å²) in [5.41, 5.74) is 1.03. The van der Waals surface area contributed by atoms with Crippen LogP contribution in [-0.4, -0.2) is 43.5 Å². The lowest BCUT2D eigenvalue weighted by atomic mass is 9.88. The standard InChI is InChI=1S/C22H28N2O4/c1-15(2)10-11-23-21(25)19-14-24(22(26)20-5-4-12-28-20)13-18(19)16-6-8-17(27-3)9-7-16/h4-9,12,15,18-19H,10-11,13-14H2,1-3H3,(H,23,25)/t18-,19-/m1/s1. The molecule has 0 radical (unpaired) electrons. The largest absolute Gasteiger partial charge is 0.497 e. The molecule has 0 spiro atoms. The van der Waals surface area contributed by atoms with Gasteiger partial charge in [0.1, 0.15) is 5.75 Å². The molecule has 1 N–H and O–H groups in total. The fourth-order valence-electron chi connectivity index (χ4n) is 3.60. The predicted octanol–water partition coefficient (Wildman–Crippen LogP) is 3.31. The van der Waals surface area contributed by atoms with E-state index in [0.29, 0.717) is 31.3 Å². The van der Waals surface area contributed by atoms with E-state index in [1.54, 1.807) is 24.1 Å². The second-order valence-electron chi connectivity index (χ2n) is 7.65. The van der Waals surface area contributed by atoms with Gasteiger partial charge in [-0.2, -0.15) is 0 Å². The van der Waals surface area contributed by atoms with Crippen LogP contribution >= 0.6 is 0 Å². The molecule has 28 heavy (non-hydrogen) atoms. The van der Waals surface area contributed by atoms with Crippen LogP contribution in [0.15, 0.2) is 47.1 Å². The van der Waals surface area contributed by atoms with Crippen molar-refractivity contribution >= 4 is 11.8 Å². The number of carbonyl (C=O) groups excluding carboxylic acids is 2. The molecule has 1 aromatic carbocycles. The molecular weight excluding hydrogens is 356 g/mol. The maximum Gasteiger partial charge on any atom is 0.289 e. The van der Waals surface area contributed by atoms with E-state index in [2.05, 4.69) is 19.2 Å². The molecule has 6 nitrogen and oxygen atoms in total. The smallest absolute Gasteiger partial charge is 0.289 e. The summed E-state index contributed by atoms with van der Waals surface area (Å²) in [5, 5.41) is 3.05. The van der Waals surface area contributed by atoms with E-state index in [0.717, 1.165) is 17.7 Å². The first-order valence-electron chi connectivity index (χ1n) is 9.74. The summed E-state index contributed by atoms with van der Waals surface area (Å²) in [7, 11) is 1.62. The molecular formula is C22H28N2O4. The summed E-state index contributed by atoms with van der Waals surface area (Å²) in [5.74, 6) is 1.05. The molecule has 0 aliphatic carbocycles. The lowest BCUT2D eigenvalue weighted by Crippen LogP contribution is -2.36. The third-order valence-electron chi connectivity index (χ3n) is 5.24. The van der Waals surface area contributed by atoms with E-state index in [9.17, 15) is 9.59 Å². The van der Waals surface area contributed by atoms with Crippen LogP contribution in [0.1, 0.15) is 42.3 Å². The number of nitrogens with one attached hydrogen (secondary N) is 1. The number of methoxy groups -OCH3 is 1. The Labute approximate surface area is 165 Å². The maximum absolute atomic E-state index is 12.9. The van der Waals surface area contributed by atoms with Gasteiger partial charge < -0.3 is 19.4 Å². The highest BCUT2D eigenvalue weighted by atomic mass is 16.5. The van der Waals surface area contributed by atoms with Crippen LogP contribution in [0.3, 0.4) is 0 Å². The molecule has 2 heterocycles. The second-order valence-corrected chi connectivity index (χ2v) is 7.65. The van der Waals surface area contributed by atoms with Gasteiger partial charge in [-0.05, 0) is 42.2 Å². The third-order valence-corrected chi connectivity index (χ3v) is 5.24. The number of hydrogen-bond acceptors (Lipinski definition) is 4. The van der Waals surface area contributed by atoms with Crippen molar-refractivity contribution < 1.29 is 18.7 Å². The summed E-state index contributed by atoms with van der Waals surface area (Å²) < 4.78 is 10.5. The quantitative estimate of drug-likeness (QED) is 0.795. The number of ether oxygens (including phenoxy) is 1. The van der Waals surface area contributed by atoms with Gasteiger partial charge in [-0.3, -0.25) is 9.59 Å². The van der Waals surface area contributed by atoms with Crippen LogP contribution in [0.2, 0.25) is 0 Å². The minimum atomic E-state index is -0.292. The molecule has 1 aromatic heterocycles. The Bertz CT molecular complexity index is 783. The van der Waals surface area contributed by atoms with Crippen LogP contribution in [-0.2, 0) is 4.79 Å². The number of benzene rings is 1. The number of amides is 2. The summed E-state index contributed by atoms with van der Waals surface area (Å²) in [6.07, 6.45) is 2.42. The Morgan fingerprint density at radius 1 is 1.21 bits per heavy atom. The van der Waals surface area contributed by atoms with E-state index < -0.39 is 0 Å². The summed E-state index contributed by atoms with van der Waals surface area (Å²) in [4.78, 5) is 27.3. The van der Waals surface area contributed by atoms with Crippen molar-refractivity contribution in [2.75, 3.05) is 26.7 Å². The molecule has 150 valence electrons. The molecule has 1 aliphatic rings. The number of furan rings is 1. The average molecular weight is 384 g/mol. The van der Waals surface area contributed by atoms with Crippen LogP contribution in [0, 0.1) is 11.8 Å². The number of hydrogen-bond donors (Lipinski definition) is 1. The normalized spacial score (nSPS) is 19.1. The highest BCUT2D eigenvalue weighted by Crippen LogP contribution is 2.34. The second kappa shape index (κ2) is 8.95. The van der Waals surface area contributed by atoms with Crippen molar-refractivity contribution in [1.82, 2.24) is 10.2 Å². The van der Waals surface area contributed by atoms with Crippen molar-refractivity contribution in [1.29, 1.82) is 0 Å². The number of rotatable bonds is 7. The molecule has 6 heteroatoms. The molecule has 2 amide bonds. The summed E-state index contributed by atoms with van der Waals surface area (Å²) >= 11 is 0. The van der Waals surface area contributed by atoms with E-state index in [1.807, 2.05) is 24.3 Å². The number of nitrogens with zero attached hydrogens (tertiary/aromatic N) is 1. The highest BCUT2D eigenvalue weighted by Gasteiger charge is 2.41. The van der Waals surface area contributed by atoms with Gasteiger partial charge >= 0.3 is 0 Å². The SMILES string of the molecule is COc1ccc([C@H]2CN(C(=O)c3ccco3)C[C@H]2C(=O)NCCC(C)C)cc1. The van der Waals surface area contributed by atoms with E-state index >= 15 is 0 Å². The van der Waals surface area contributed by atoms with Gasteiger partial charge in [-0.25, -0.2) is 0 Å². The summed E-state index contributed by atoms with van der Waals surface area (Å²) in [6, 6.07) is 11.1. The fraction of sp³-hybridized carbons (Fsp3) is 0.455. The van der Waals surface area contributed by atoms with Crippen molar-refractivity contribution in [3.63, 3.8) is 0 Å². The van der Waals surface area contributed by atoms with Crippen LogP contribution in [0.25, 0.3) is 0 Å². The molecule has 1 aliphatic heterocycles. The van der Waals surface area contributed by atoms with E-state index in [4.69, 9.17) is 9.15 Å². The Morgan fingerprint density at radius 3 is 2.57 bits per heavy atom. The first kappa shape index (κ1) is 20.0. The molecule has 0 unspecified atom stereocenters. The topological polar surface area (TPSA) is 71.8 Å². The first-order chi connectivity index (χ1) is 13.5. The van der Waals surface area contributed by atoms with Gasteiger partial charge in [0.15, 0.2) is 5.76 Å². The molecule has 0 bridgehead atoms. The van der Waals surface area contributed by atoms with Gasteiger partial charge in [0.25, 0.3) is 5.91 Å². The Balaban J connectivity index is 1.78. The predicted molar refractivity (Wildman–Crippen MR) is 106 cm³/mol. The number of carbonyl (C=O) groups is 2. The van der Waals surface area contributed by atoms with Crippen molar-refractivity contribution in [3.8, 4) is 5.75 Å². The first-order valence-corrected chi connectivity index (χ1v) is 9.74. The highest BCUT2D eigenvalue weighted by molar-refractivity contribution is 5.92. The van der Waals surface area contributed by atoms with Crippen LogP contribution in [0.4, 0.5) is 0 Å². The monoisotopic (exact) mass is 384 g/mol. The van der Waals surface area contributed by atoms with Gasteiger partial charge in [0.2, 0.25) is 5.91 Å². The van der Waals surface area contributed by atoms with Gasteiger partial charge in [-0.15, -0.1) is 0 Å². The summed E-state index contributed by atoms with van der Waals surface area (Å²) in [6.45, 7) is 5.77. The van der Waals surface area contributed by atoms with Crippen molar-refractivity contribution in [2.45, 2.75) is 26.2 Å². The minimum absolute atomic E-state index is 0.00351. The molecule has 2 aromatic rings. The van der Waals surface area contributed by atoms with E-state index in [1.165, 1.54) is 6.26 Å². The Morgan fingerprint density at radius 2 is 1.96 bits per heavy atom. The molecule has 0 saturated carbocycles. The third kappa shape index (κ3) is 4.55. The molecule has 2 atom stereocenters. The zero-order valence-electron chi connectivity index (χ0n) is 16.7. The zero-order chi connectivity index (χ0) is 20.1. The fourth-order valence-corrected chi connectivity index (χ4v) is 3.60. The zero-order valence-corrected chi connectivity index (χ0v) is 16.7. The molecule has 1 saturated heterocycles. The molecule has 1 fully saturated rings. The van der Waals surface area contributed by atoms with Crippen LogP contribution < -0.4 is 10.1 Å². The average Bonchev–Trinajstić information content (AvgIpc) is 3.37. The lowest BCUT2D eigenvalue weighted by Gasteiger charge is -2.18. The maximum atomic E-state index is 12.9. The van der Waals surface area contributed by atoms with Gasteiger partial charge in [0.05, 0.1) is 19.3 Å². The Kier molecular flexibility index (Phi) is 6.39. The Hall–Kier alpha value is -2.76. The van der Waals surface area contributed by atoms with E-state index in [-0.39, 0.29) is 23.7 Å². The van der Waals surface area contributed by atoms with Gasteiger partial charge in [-0.1, -0.05) is 26.0 Å². The molecule has 3 rings (SSSR count). The van der Waals surface area contributed by atoms with Crippen molar-refractivity contribution in [2.24, 2.45) is 11.8 Å². The number of likely N-dealkylation sites (tertiary alicyclic amines) is 1. The van der Waals surface area contributed by atoms with Crippen molar-refractivity contribution in [3.05, 3.63) is 54.0 Å². The van der Waals surface area contributed by atoms with Gasteiger partial charge in [0, 0.05) is 25.6 Å². The van der Waals surface area contributed by atoms with Crippen LogP contribution in [0.5, 0.6) is 5.75 Å². The lowest BCUT2D eigenvalue weighted by molar-refractivity contribution is -0.124. The minimum Gasteiger partial charge on any atom is -0.497 e.